The van der Waals surface area contributed by atoms with Gasteiger partial charge in [-0.2, -0.15) is 0 Å². The van der Waals surface area contributed by atoms with E-state index in [0.29, 0.717) is 6.42 Å². The summed E-state index contributed by atoms with van der Waals surface area (Å²) in [5, 5.41) is 63.9. The Balaban J connectivity index is 1.58. The van der Waals surface area contributed by atoms with Crippen molar-refractivity contribution < 1.29 is 63.9 Å². The average Bonchev–Trinajstić information content (AvgIpc) is 3.72. The van der Waals surface area contributed by atoms with E-state index in [-0.39, 0.29) is 25.4 Å². The van der Waals surface area contributed by atoms with Crippen LogP contribution in [0.5, 0.6) is 0 Å². The number of aliphatic hydroxyl groups is 5. The van der Waals surface area contributed by atoms with Crippen LogP contribution in [0.1, 0.15) is 46.0 Å². The van der Waals surface area contributed by atoms with Gasteiger partial charge in [0.1, 0.15) is 24.2 Å². The summed E-state index contributed by atoms with van der Waals surface area (Å²) in [5.41, 5.74) is 5.98. The maximum atomic E-state index is 12.3. The molecule has 262 valence electrons. The van der Waals surface area contributed by atoms with Crippen LogP contribution in [0.25, 0.3) is 0 Å². The molecule has 3 fully saturated rings. The van der Waals surface area contributed by atoms with Gasteiger partial charge in [-0.25, -0.2) is 4.79 Å². The normalized spacial score (nSPS) is 47.2. The molecule has 4 heterocycles. The Kier molecular flexibility index (Phi) is 13.1. The summed E-state index contributed by atoms with van der Waals surface area (Å²) in [5.74, 6) is -5.45. The molecule has 2 unspecified atom stereocenters. The Bertz CT molecular complexity index is 1220. The quantitative estimate of drug-likeness (QED) is 0.157. The smallest absolute Gasteiger partial charge is 0.330 e. The van der Waals surface area contributed by atoms with Crippen LogP contribution < -0.4 is 5.73 Å². The molecule has 0 amide bonds. The molecule has 0 radical (unpaired) electrons. The molecular formula is C33H47NO13. The zero-order valence-electron chi connectivity index (χ0n) is 26.4. The first-order valence-electron chi connectivity index (χ1n) is 15.9. The number of rotatable bonds is 3. The monoisotopic (exact) mass is 665 g/mol. The molecule has 8 N–H and O–H groups in total. The second kappa shape index (κ2) is 16.6. The maximum absolute atomic E-state index is 12.3. The van der Waals surface area contributed by atoms with Crippen molar-refractivity contribution in [2.75, 3.05) is 0 Å². The van der Waals surface area contributed by atoms with E-state index in [1.165, 1.54) is 12.2 Å². The highest BCUT2D eigenvalue weighted by molar-refractivity contribution is 5.82. The molecule has 14 nitrogen and oxygen atoms in total. The van der Waals surface area contributed by atoms with Crippen LogP contribution in [-0.4, -0.2) is 122 Å². The Hall–Kier alpha value is -2.76. The third-order valence-electron chi connectivity index (χ3n) is 8.58. The van der Waals surface area contributed by atoms with Gasteiger partial charge in [-0.05, 0) is 19.9 Å². The fourth-order valence-corrected chi connectivity index (χ4v) is 6.00. The first kappa shape index (κ1) is 37.1. The third-order valence-corrected chi connectivity index (χ3v) is 8.58. The molecule has 4 aliphatic rings. The van der Waals surface area contributed by atoms with E-state index in [1.807, 2.05) is 6.08 Å². The van der Waals surface area contributed by atoms with Gasteiger partial charge in [-0.1, -0.05) is 48.6 Å². The number of carboxylic acid groups (broad SMARTS) is 1. The van der Waals surface area contributed by atoms with E-state index >= 15 is 0 Å². The largest absolute Gasteiger partial charge is 0.481 e. The Morgan fingerprint density at radius 2 is 1.64 bits per heavy atom. The van der Waals surface area contributed by atoms with E-state index in [4.69, 9.17) is 29.4 Å². The number of aliphatic hydroxyl groups excluding tert-OH is 4. The minimum atomic E-state index is -2.10. The van der Waals surface area contributed by atoms with Gasteiger partial charge in [-0.3, -0.25) is 4.79 Å². The van der Waals surface area contributed by atoms with Crippen molar-refractivity contribution in [3.63, 3.8) is 0 Å². The second-order valence-electron chi connectivity index (χ2n) is 12.6. The van der Waals surface area contributed by atoms with Crippen molar-refractivity contribution in [2.24, 2.45) is 11.7 Å². The fourth-order valence-electron chi connectivity index (χ4n) is 6.00. The highest BCUT2D eigenvalue weighted by Gasteiger charge is 2.51. The van der Waals surface area contributed by atoms with Gasteiger partial charge in [0.05, 0.1) is 48.8 Å². The molecule has 0 saturated carbocycles. The average molecular weight is 666 g/mol. The fraction of sp³-hybridized carbons (Fsp3) is 0.636. The molecular weight excluding hydrogens is 618 g/mol. The zero-order valence-corrected chi connectivity index (χ0v) is 26.4. The van der Waals surface area contributed by atoms with Gasteiger partial charge < -0.3 is 60.1 Å². The molecule has 0 spiro atoms. The molecule has 0 aromatic rings. The van der Waals surface area contributed by atoms with Crippen LogP contribution in [0, 0.1) is 5.92 Å². The van der Waals surface area contributed by atoms with Crippen molar-refractivity contribution in [3.8, 4) is 0 Å². The number of carbonyl (C=O) groups excluding carboxylic acids is 1. The summed E-state index contributed by atoms with van der Waals surface area (Å²) < 4.78 is 28.5. The summed E-state index contributed by atoms with van der Waals surface area (Å²) in [6, 6.07) is -1.08. The number of allylic oxidation sites excluding steroid dienone is 6. The van der Waals surface area contributed by atoms with E-state index in [9.17, 15) is 40.2 Å². The molecule has 4 rings (SSSR count). The Labute approximate surface area is 273 Å². The van der Waals surface area contributed by atoms with Crippen LogP contribution in [0.3, 0.4) is 0 Å². The van der Waals surface area contributed by atoms with E-state index in [0.717, 1.165) is 0 Å². The van der Waals surface area contributed by atoms with E-state index < -0.39 is 97.3 Å². The second-order valence-corrected chi connectivity index (χ2v) is 12.6. The molecule has 14 heteroatoms. The molecule has 0 aromatic heterocycles. The summed E-state index contributed by atoms with van der Waals surface area (Å²) in [7, 11) is 0. The molecule has 14 atom stereocenters. The summed E-state index contributed by atoms with van der Waals surface area (Å²) in [6.07, 6.45) is 5.25. The molecule has 0 aliphatic carbocycles. The lowest BCUT2D eigenvalue weighted by Gasteiger charge is -2.45. The number of cyclic esters (lactones) is 1. The number of esters is 1. The van der Waals surface area contributed by atoms with Crippen molar-refractivity contribution in [1.29, 1.82) is 0 Å². The standard InChI is InChI=1S/C33H47NO13/c1-18-10-8-6-4-3-5-7-9-11-21(45-32-30(39)28(34)29(38)19(2)44-32)15-25-27(31(40)41)22(36)17-33(42,47-25)16-20(35)14-24-23(46-24)12-13-26(37)43-18/h3-9,11-13,18-25,27-30,32,35-36,38-39,42H,10,14-17,34H2,1-2H3,(H,40,41)/b4-3+,7-5+,8-6+,11-9+,13-12+/t18-,19-,20+,21+,22+,23-,24-,25?,27-,28+,29-,30+,32?,33-/m1/s1. The van der Waals surface area contributed by atoms with Gasteiger partial charge in [-0.15, -0.1) is 0 Å². The number of carbonyl (C=O) groups is 2. The number of ether oxygens (including phenoxy) is 5. The van der Waals surface area contributed by atoms with Crippen LogP contribution in [-0.2, 0) is 33.3 Å². The number of hydrogen-bond donors (Lipinski definition) is 7. The third kappa shape index (κ3) is 10.6. The molecule has 3 saturated heterocycles. The summed E-state index contributed by atoms with van der Waals surface area (Å²) in [4.78, 5) is 24.4. The number of hydrogen-bond acceptors (Lipinski definition) is 13. The number of carboxylic acids is 1. The van der Waals surface area contributed by atoms with E-state index in [2.05, 4.69) is 0 Å². The van der Waals surface area contributed by atoms with Crippen molar-refractivity contribution in [2.45, 2.75) is 125 Å². The Morgan fingerprint density at radius 1 is 0.936 bits per heavy atom. The van der Waals surface area contributed by atoms with Gasteiger partial charge in [0.2, 0.25) is 0 Å². The predicted molar refractivity (Wildman–Crippen MR) is 165 cm³/mol. The van der Waals surface area contributed by atoms with Crippen LogP contribution in [0.2, 0.25) is 0 Å². The first-order valence-corrected chi connectivity index (χ1v) is 15.9. The first-order chi connectivity index (χ1) is 22.3. The van der Waals surface area contributed by atoms with Crippen LogP contribution in [0.15, 0.2) is 60.8 Å². The van der Waals surface area contributed by atoms with Crippen LogP contribution in [0.4, 0.5) is 0 Å². The molecule has 2 bridgehead atoms. The number of epoxide rings is 1. The van der Waals surface area contributed by atoms with Crippen molar-refractivity contribution in [3.05, 3.63) is 60.8 Å². The number of aliphatic carboxylic acids is 1. The SMILES string of the molecule is C[C@@H]1C/C=C/C=C/C=C/C=C/[C@H](OC2O[C@H](C)[C@@H](O)[C@H](N)[C@@H]2O)CC2O[C@](O)(C[C@@H](O)C[C@H]3O[C@@H]3/C=C/C(=O)O1)C[C@H](O)[C@H]2C(=O)O. The summed E-state index contributed by atoms with van der Waals surface area (Å²) in [6.45, 7) is 3.34. The van der Waals surface area contributed by atoms with Gasteiger partial charge in [0, 0.05) is 38.2 Å². The Morgan fingerprint density at radius 3 is 2.36 bits per heavy atom. The minimum absolute atomic E-state index is 0.0789. The highest BCUT2D eigenvalue weighted by Crippen LogP contribution is 2.39. The number of fused-ring (bicyclic) bond motifs is 3. The summed E-state index contributed by atoms with van der Waals surface area (Å²) >= 11 is 0. The van der Waals surface area contributed by atoms with Gasteiger partial charge in [0.25, 0.3) is 0 Å². The minimum Gasteiger partial charge on any atom is -0.481 e. The van der Waals surface area contributed by atoms with Gasteiger partial charge >= 0.3 is 11.9 Å². The molecule has 0 aromatic carbocycles. The van der Waals surface area contributed by atoms with Gasteiger partial charge in [0.15, 0.2) is 12.1 Å². The maximum Gasteiger partial charge on any atom is 0.330 e. The van der Waals surface area contributed by atoms with Crippen molar-refractivity contribution in [1.82, 2.24) is 0 Å². The lowest BCUT2D eigenvalue weighted by Crippen LogP contribution is -2.61. The highest BCUT2D eigenvalue weighted by atomic mass is 16.7. The topological polar surface area (TPSA) is 231 Å². The zero-order chi connectivity index (χ0) is 34.3. The van der Waals surface area contributed by atoms with Crippen LogP contribution >= 0.6 is 0 Å². The lowest BCUT2D eigenvalue weighted by atomic mass is 9.83. The lowest BCUT2D eigenvalue weighted by molar-refractivity contribution is -0.308. The van der Waals surface area contributed by atoms with Crippen molar-refractivity contribution >= 4 is 11.9 Å². The number of nitrogens with two attached hydrogens (primary N) is 1. The van der Waals surface area contributed by atoms with E-state index in [1.54, 1.807) is 56.4 Å². The predicted octanol–water partition coefficient (Wildman–Crippen LogP) is 0.120. The molecule has 47 heavy (non-hydrogen) atoms. The molecule has 4 aliphatic heterocycles.